The summed E-state index contributed by atoms with van der Waals surface area (Å²) in [6.07, 6.45) is 52.6. The number of rotatable bonds is 63. The highest BCUT2D eigenvalue weighted by atomic mass is 16.3. The molecule has 5 unspecified atom stereocenters. The van der Waals surface area contributed by atoms with Gasteiger partial charge in [0.15, 0.2) is 0 Å². The minimum absolute atomic E-state index is 0.343. The van der Waals surface area contributed by atoms with Gasteiger partial charge in [-0.1, -0.05) is 285 Å². The Balaban J connectivity index is 2.94. The highest BCUT2D eigenvalue weighted by Crippen LogP contribution is 2.19. The van der Waals surface area contributed by atoms with Gasteiger partial charge in [0.1, 0.15) is 6.23 Å². The van der Waals surface area contributed by atoms with Gasteiger partial charge in [-0.3, -0.25) is 24.5 Å². The molecule has 0 spiro atoms. The smallest absolute Gasteiger partial charge is 0.107 e. The maximum atomic E-state index is 11.8. The van der Waals surface area contributed by atoms with E-state index in [0.717, 1.165) is 130 Å². The highest BCUT2D eigenvalue weighted by Gasteiger charge is 2.24. The minimum atomic E-state index is -0.558. The fourth-order valence-corrected chi connectivity index (χ4v) is 12.2. The van der Waals surface area contributed by atoms with Gasteiger partial charge in [-0.05, 0) is 38.5 Å². The third-order valence-corrected chi connectivity index (χ3v) is 17.8. The molecule has 0 amide bonds. The Morgan fingerprint density at radius 2 is 0.506 bits per heavy atom. The molecule has 0 aromatic rings. The predicted octanol–water partition coefficient (Wildman–Crippen LogP) is 15.9. The van der Waals surface area contributed by atoms with Crippen LogP contribution in [0.15, 0.2) is 0 Å². The summed E-state index contributed by atoms with van der Waals surface area (Å²) in [6, 6.07) is 0. The minimum Gasteiger partial charge on any atom is -0.392 e. The first-order valence-electron chi connectivity index (χ1n) is 35.7. The summed E-state index contributed by atoms with van der Waals surface area (Å²) in [4.78, 5) is 12.2. The molecule has 1 aliphatic heterocycles. The Labute approximate surface area is 493 Å². The van der Waals surface area contributed by atoms with Crippen LogP contribution in [0.2, 0.25) is 0 Å². The van der Waals surface area contributed by atoms with Crippen molar-refractivity contribution in [3.05, 3.63) is 0 Å². The molecule has 1 rings (SSSR count). The van der Waals surface area contributed by atoms with Crippen molar-refractivity contribution < 1.29 is 25.5 Å². The summed E-state index contributed by atoms with van der Waals surface area (Å²) < 4.78 is 0. The maximum Gasteiger partial charge on any atom is 0.107 e. The first kappa shape index (κ1) is 76.6. The molecule has 10 nitrogen and oxygen atoms in total. The molecule has 1 aliphatic rings. The molecular formula is C69H143N5O5. The van der Waals surface area contributed by atoms with Crippen molar-refractivity contribution in [1.82, 2.24) is 24.5 Å². The van der Waals surface area contributed by atoms with Crippen LogP contribution in [0.1, 0.15) is 324 Å². The van der Waals surface area contributed by atoms with Gasteiger partial charge in [-0.15, -0.1) is 0 Å². The number of piperazine rings is 1. The number of unbranched alkanes of at least 4 members (excludes halogenated alkanes) is 35. The largest absolute Gasteiger partial charge is 0.392 e. The lowest BCUT2D eigenvalue weighted by molar-refractivity contribution is -0.0363. The third kappa shape index (κ3) is 49.6. The van der Waals surface area contributed by atoms with Crippen LogP contribution >= 0.6 is 0 Å². The Kier molecular flexibility index (Phi) is 56.3. The normalized spacial score (nSPS) is 15.8. The molecule has 0 radical (unpaired) electrons. The molecular weight excluding hydrogens is 979 g/mol. The van der Waals surface area contributed by atoms with Crippen LogP contribution < -0.4 is 0 Å². The lowest BCUT2D eigenvalue weighted by atomic mass is 10.0. The predicted molar refractivity (Wildman–Crippen MR) is 344 cm³/mol. The first-order valence-corrected chi connectivity index (χ1v) is 35.7. The van der Waals surface area contributed by atoms with Gasteiger partial charge in [-0.25, -0.2) is 0 Å². The van der Waals surface area contributed by atoms with Gasteiger partial charge < -0.3 is 25.5 Å². The SMILES string of the molecule is CCCCCCCCCCC(O)CN(CCN1CCN(CCN(CC(O)CCCCCCCCCC)CC(O)CCCCCCCCCC)CC1)CCN(CC(O)CCCCCCCCCC)C(O)CCCCCCCCCC. The topological polar surface area (TPSA) is 117 Å². The molecule has 10 heteroatoms. The van der Waals surface area contributed by atoms with E-state index >= 15 is 0 Å². The number of aliphatic hydroxyl groups excluding tert-OH is 5. The number of hydrogen-bond donors (Lipinski definition) is 5. The summed E-state index contributed by atoms with van der Waals surface area (Å²) >= 11 is 0. The molecule has 0 aromatic heterocycles. The van der Waals surface area contributed by atoms with Gasteiger partial charge in [0.25, 0.3) is 0 Å². The first-order chi connectivity index (χ1) is 38.6. The lowest BCUT2D eigenvalue weighted by Gasteiger charge is -2.38. The van der Waals surface area contributed by atoms with Gasteiger partial charge in [0.05, 0.1) is 24.4 Å². The molecule has 5 atom stereocenters. The van der Waals surface area contributed by atoms with E-state index in [1.165, 1.54) is 218 Å². The van der Waals surface area contributed by atoms with E-state index in [1.54, 1.807) is 0 Å². The molecule has 79 heavy (non-hydrogen) atoms. The second-order valence-corrected chi connectivity index (χ2v) is 25.7. The maximum absolute atomic E-state index is 11.8. The third-order valence-electron chi connectivity index (χ3n) is 17.8. The van der Waals surface area contributed by atoms with Gasteiger partial charge in [0.2, 0.25) is 0 Å². The van der Waals surface area contributed by atoms with Crippen molar-refractivity contribution in [2.75, 3.05) is 91.6 Å². The molecule has 1 fully saturated rings. The Morgan fingerprint density at radius 3 is 0.810 bits per heavy atom. The molecule has 1 heterocycles. The highest BCUT2D eigenvalue weighted by molar-refractivity contribution is 4.79. The van der Waals surface area contributed by atoms with Crippen molar-refractivity contribution in [2.45, 2.75) is 354 Å². The summed E-state index contributed by atoms with van der Waals surface area (Å²) in [7, 11) is 0. The van der Waals surface area contributed by atoms with Crippen LogP contribution in [0, 0.1) is 0 Å². The number of nitrogens with zero attached hydrogens (tertiary/aromatic N) is 5. The van der Waals surface area contributed by atoms with E-state index < -0.39 is 12.3 Å². The van der Waals surface area contributed by atoms with Crippen LogP contribution in [0.4, 0.5) is 0 Å². The number of hydrogen-bond acceptors (Lipinski definition) is 10. The summed E-state index contributed by atoms with van der Waals surface area (Å²) in [5, 5.41) is 57.2. The Morgan fingerprint density at radius 1 is 0.266 bits per heavy atom. The van der Waals surface area contributed by atoms with Gasteiger partial charge in [-0.2, -0.15) is 0 Å². The van der Waals surface area contributed by atoms with Crippen molar-refractivity contribution in [1.29, 1.82) is 0 Å². The summed E-state index contributed by atoms with van der Waals surface area (Å²) in [5.74, 6) is 0. The van der Waals surface area contributed by atoms with Gasteiger partial charge in [0, 0.05) is 91.6 Å². The summed E-state index contributed by atoms with van der Waals surface area (Å²) in [6.45, 7) is 23.1. The lowest BCUT2D eigenvalue weighted by Crippen LogP contribution is -2.51. The Bertz CT molecular complexity index is 1170. The van der Waals surface area contributed by atoms with Gasteiger partial charge >= 0.3 is 0 Å². The van der Waals surface area contributed by atoms with Crippen molar-refractivity contribution >= 4 is 0 Å². The van der Waals surface area contributed by atoms with Crippen molar-refractivity contribution in [2.24, 2.45) is 0 Å². The van der Waals surface area contributed by atoms with Crippen LogP contribution in [0.3, 0.4) is 0 Å². The zero-order chi connectivity index (χ0) is 57.5. The van der Waals surface area contributed by atoms with E-state index in [0.29, 0.717) is 32.7 Å². The molecule has 0 saturated carbocycles. The second kappa shape index (κ2) is 58.0. The average Bonchev–Trinajstić information content (AvgIpc) is 3.44. The zero-order valence-corrected chi connectivity index (χ0v) is 54.1. The van der Waals surface area contributed by atoms with E-state index in [4.69, 9.17) is 0 Å². The van der Waals surface area contributed by atoms with Crippen molar-refractivity contribution in [3.8, 4) is 0 Å². The van der Waals surface area contributed by atoms with E-state index in [9.17, 15) is 25.5 Å². The second-order valence-electron chi connectivity index (χ2n) is 25.7. The average molecular weight is 1120 g/mol. The van der Waals surface area contributed by atoms with E-state index in [1.807, 2.05) is 0 Å². The van der Waals surface area contributed by atoms with Crippen molar-refractivity contribution in [3.63, 3.8) is 0 Å². The van der Waals surface area contributed by atoms with Crippen LogP contribution in [0.25, 0.3) is 0 Å². The Hall–Kier alpha value is -0.400. The molecule has 0 aliphatic carbocycles. The molecule has 0 aromatic carbocycles. The monoisotopic (exact) mass is 1120 g/mol. The zero-order valence-electron chi connectivity index (χ0n) is 54.1. The van der Waals surface area contributed by atoms with Crippen LogP contribution in [-0.2, 0) is 0 Å². The van der Waals surface area contributed by atoms with Crippen LogP contribution in [0.5, 0.6) is 0 Å². The number of aliphatic hydroxyl groups is 5. The fourth-order valence-electron chi connectivity index (χ4n) is 12.2. The van der Waals surface area contributed by atoms with E-state index in [2.05, 4.69) is 59.1 Å². The fraction of sp³-hybridized carbons (Fsp3) is 1.00. The standard InChI is InChI=1S/C69H143N5O5/c1-6-11-16-21-26-31-36-41-46-65(75)61-72(59-60-74(69(79)50-45-40-35-30-25-20-15-10-5)64-68(78)49-44-39-34-29-24-19-14-9-4)57-55-70-51-53-71(54-52-70)56-58-73(62-66(76)47-42-37-32-27-22-17-12-7-2)63-67(77)48-43-38-33-28-23-18-13-8-3/h65-69,75-79H,6-64H2,1-5H3. The molecule has 1 saturated heterocycles. The summed E-state index contributed by atoms with van der Waals surface area (Å²) in [5.41, 5.74) is 0. The quantitative estimate of drug-likeness (QED) is 0.0298. The van der Waals surface area contributed by atoms with Crippen LogP contribution in [-0.4, -0.2) is 172 Å². The molecule has 474 valence electrons. The molecule has 0 bridgehead atoms. The molecule has 5 N–H and O–H groups in total. The van der Waals surface area contributed by atoms with E-state index in [-0.39, 0.29) is 18.3 Å².